The summed E-state index contributed by atoms with van der Waals surface area (Å²) in [6.45, 7) is 0.106. The number of thiophene rings is 1. The second kappa shape index (κ2) is 5.61. The number of hydrogen-bond acceptors (Lipinski definition) is 5. The van der Waals surface area contributed by atoms with Crippen molar-refractivity contribution < 1.29 is 14.3 Å². The van der Waals surface area contributed by atoms with Crippen molar-refractivity contribution in [2.24, 2.45) is 0 Å². The minimum absolute atomic E-state index is 0.106. The van der Waals surface area contributed by atoms with Gasteiger partial charge in [0.25, 0.3) is 5.91 Å². The molecular formula is C12H11NO4S. The molecule has 0 saturated heterocycles. The van der Waals surface area contributed by atoms with Crippen LogP contribution < -0.4 is 10.9 Å². The first kappa shape index (κ1) is 12.5. The average Bonchev–Trinajstić information content (AvgIpc) is 2.90. The van der Waals surface area contributed by atoms with Gasteiger partial charge in [0.05, 0.1) is 11.7 Å². The summed E-state index contributed by atoms with van der Waals surface area (Å²) >= 11 is 1.48. The third-order valence-electron chi connectivity index (χ3n) is 2.35. The van der Waals surface area contributed by atoms with E-state index in [4.69, 9.17) is 0 Å². The number of aliphatic hydroxyl groups excluding tert-OH is 1. The molecule has 1 unspecified atom stereocenters. The predicted molar refractivity (Wildman–Crippen MR) is 66.6 cm³/mol. The molecule has 2 aromatic heterocycles. The first-order chi connectivity index (χ1) is 8.66. The van der Waals surface area contributed by atoms with Gasteiger partial charge in [-0.15, -0.1) is 0 Å². The number of hydrogen-bond donors (Lipinski definition) is 2. The van der Waals surface area contributed by atoms with Crippen LogP contribution in [0.5, 0.6) is 0 Å². The highest BCUT2D eigenvalue weighted by Gasteiger charge is 2.11. The van der Waals surface area contributed by atoms with Crippen molar-refractivity contribution in [3.8, 4) is 0 Å². The Morgan fingerprint density at radius 1 is 1.44 bits per heavy atom. The zero-order valence-corrected chi connectivity index (χ0v) is 10.1. The molecule has 1 atom stereocenters. The SMILES string of the molecule is O=C(NCC(O)c1ccsc1)c1ccc(=O)oc1. The van der Waals surface area contributed by atoms with Gasteiger partial charge in [0.15, 0.2) is 0 Å². The van der Waals surface area contributed by atoms with Crippen molar-refractivity contribution in [1.29, 1.82) is 0 Å². The van der Waals surface area contributed by atoms with Gasteiger partial charge in [-0.3, -0.25) is 4.79 Å². The topological polar surface area (TPSA) is 79.5 Å². The maximum Gasteiger partial charge on any atom is 0.335 e. The highest BCUT2D eigenvalue weighted by Crippen LogP contribution is 2.15. The number of nitrogens with one attached hydrogen (secondary N) is 1. The van der Waals surface area contributed by atoms with Gasteiger partial charge in [0, 0.05) is 12.6 Å². The normalized spacial score (nSPS) is 12.1. The smallest absolute Gasteiger partial charge is 0.335 e. The summed E-state index contributed by atoms with van der Waals surface area (Å²) in [4.78, 5) is 22.4. The van der Waals surface area contributed by atoms with Crippen LogP contribution in [0.1, 0.15) is 22.0 Å². The van der Waals surface area contributed by atoms with Gasteiger partial charge in [-0.1, -0.05) is 0 Å². The van der Waals surface area contributed by atoms with Crippen LogP contribution in [0.15, 0.2) is 44.4 Å². The predicted octanol–water partition coefficient (Wildman–Crippen LogP) is 1.16. The monoisotopic (exact) mass is 265 g/mol. The Balaban J connectivity index is 1.92. The molecule has 0 aliphatic carbocycles. The molecule has 0 saturated carbocycles. The van der Waals surface area contributed by atoms with E-state index in [9.17, 15) is 14.7 Å². The maximum atomic E-state index is 11.6. The van der Waals surface area contributed by atoms with Crippen molar-refractivity contribution in [1.82, 2.24) is 5.32 Å². The van der Waals surface area contributed by atoms with Crippen LogP contribution in [0, 0.1) is 0 Å². The molecule has 0 aliphatic rings. The molecule has 94 valence electrons. The summed E-state index contributed by atoms with van der Waals surface area (Å²) in [5.41, 5.74) is 0.497. The van der Waals surface area contributed by atoms with Crippen LogP contribution in [0.2, 0.25) is 0 Å². The quantitative estimate of drug-likeness (QED) is 0.869. The van der Waals surface area contributed by atoms with Gasteiger partial charge in [-0.05, 0) is 28.5 Å². The summed E-state index contributed by atoms with van der Waals surface area (Å²) < 4.78 is 4.58. The molecule has 2 heterocycles. The van der Waals surface area contributed by atoms with Crippen LogP contribution in [0.4, 0.5) is 0 Å². The summed E-state index contributed by atoms with van der Waals surface area (Å²) in [6.07, 6.45) is 0.352. The summed E-state index contributed by atoms with van der Waals surface area (Å²) in [6, 6.07) is 4.34. The molecule has 0 fully saturated rings. The molecule has 1 amide bonds. The van der Waals surface area contributed by atoms with E-state index < -0.39 is 17.6 Å². The molecule has 5 nitrogen and oxygen atoms in total. The lowest BCUT2D eigenvalue weighted by Crippen LogP contribution is -2.28. The first-order valence-corrected chi connectivity index (χ1v) is 6.18. The van der Waals surface area contributed by atoms with Crippen LogP contribution in [0.3, 0.4) is 0 Å². The third kappa shape index (κ3) is 3.06. The van der Waals surface area contributed by atoms with E-state index in [-0.39, 0.29) is 12.1 Å². The fourth-order valence-electron chi connectivity index (χ4n) is 1.36. The largest absolute Gasteiger partial charge is 0.430 e. The standard InChI is InChI=1S/C12H11NO4S/c14-10(9-3-4-18-7-9)5-13-12(16)8-1-2-11(15)17-6-8/h1-4,6-7,10,14H,5H2,(H,13,16). The van der Waals surface area contributed by atoms with Crippen LogP contribution in [-0.4, -0.2) is 17.6 Å². The molecule has 2 N–H and O–H groups in total. The molecule has 0 aromatic carbocycles. The molecule has 2 rings (SSSR count). The van der Waals surface area contributed by atoms with E-state index >= 15 is 0 Å². The zero-order valence-electron chi connectivity index (χ0n) is 9.33. The first-order valence-electron chi connectivity index (χ1n) is 5.24. The lowest BCUT2D eigenvalue weighted by Gasteiger charge is -2.10. The number of aliphatic hydroxyl groups is 1. The van der Waals surface area contributed by atoms with Gasteiger partial charge in [0.1, 0.15) is 6.26 Å². The lowest BCUT2D eigenvalue weighted by atomic mass is 10.2. The van der Waals surface area contributed by atoms with Crippen LogP contribution >= 0.6 is 11.3 Å². The molecule has 0 aliphatic heterocycles. The number of rotatable bonds is 4. The van der Waals surface area contributed by atoms with E-state index in [0.717, 1.165) is 11.8 Å². The van der Waals surface area contributed by atoms with E-state index in [2.05, 4.69) is 9.73 Å². The Morgan fingerprint density at radius 3 is 2.89 bits per heavy atom. The van der Waals surface area contributed by atoms with E-state index in [0.29, 0.717) is 0 Å². The highest BCUT2D eigenvalue weighted by atomic mass is 32.1. The average molecular weight is 265 g/mol. The van der Waals surface area contributed by atoms with Gasteiger partial charge in [-0.2, -0.15) is 11.3 Å². The second-order valence-electron chi connectivity index (χ2n) is 3.63. The lowest BCUT2D eigenvalue weighted by molar-refractivity contribution is 0.0914. The van der Waals surface area contributed by atoms with E-state index in [1.165, 1.54) is 23.5 Å². The van der Waals surface area contributed by atoms with Gasteiger partial charge in [0.2, 0.25) is 0 Å². The Kier molecular flexibility index (Phi) is 3.91. The van der Waals surface area contributed by atoms with Crippen LogP contribution in [-0.2, 0) is 0 Å². The molecule has 0 radical (unpaired) electrons. The van der Waals surface area contributed by atoms with Crippen molar-refractivity contribution in [3.63, 3.8) is 0 Å². The molecule has 18 heavy (non-hydrogen) atoms. The van der Waals surface area contributed by atoms with Crippen molar-refractivity contribution >= 4 is 17.2 Å². The van der Waals surface area contributed by atoms with Crippen molar-refractivity contribution in [2.75, 3.05) is 6.54 Å². The summed E-state index contributed by atoms with van der Waals surface area (Å²) in [5, 5.41) is 16.0. The van der Waals surface area contributed by atoms with Crippen molar-refractivity contribution in [3.05, 3.63) is 56.8 Å². The van der Waals surface area contributed by atoms with Gasteiger partial charge >= 0.3 is 5.63 Å². The molecule has 2 aromatic rings. The molecule has 0 bridgehead atoms. The Labute approximate surface area is 107 Å². The van der Waals surface area contributed by atoms with E-state index in [1.807, 2.05) is 10.8 Å². The summed E-state index contributed by atoms with van der Waals surface area (Å²) in [5.74, 6) is -0.395. The number of carbonyl (C=O) groups excluding carboxylic acids is 1. The Hall–Kier alpha value is -1.92. The summed E-state index contributed by atoms with van der Waals surface area (Å²) in [7, 11) is 0. The van der Waals surface area contributed by atoms with E-state index in [1.54, 1.807) is 6.07 Å². The highest BCUT2D eigenvalue weighted by molar-refractivity contribution is 7.07. The molecular weight excluding hydrogens is 254 g/mol. The van der Waals surface area contributed by atoms with Crippen LogP contribution in [0.25, 0.3) is 0 Å². The molecule has 6 heteroatoms. The zero-order chi connectivity index (χ0) is 13.0. The van der Waals surface area contributed by atoms with Gasteiger partial charge < -0.3 is 14.8 Å². The number of carbonyl (C=O) groups is 1. The minimum Gasteiger partial charge on any atom is -0.430 e. The van der Waals surface area contributed by atoms with Crippen molar-refractivity contribution in [2.45, 2.75) is 6.10 Å². The number of amides is 1. The second-order valence-corrected chi connectivity index (χ2v) is 4.41. The fourth-order valence-corrected chi connectivity index (χ4v) is 2.07. The Bertz CT molecular complexity index is 556. The minimum atomic E-state index is -0.740. The Morgan fingerprint density at radius 2 is 2.28 bits per heavy atom. The molecule has 0 spiro atoms. The maximum absolute atomic E-state index is 11.6. The van der Waals surface area contributed by atoms with Gasteiger partial charge in [-0.25, -0.2) is 4.79 Å². The third-order valence-corrected chi connectivity index (χ3v) is 3.05. The fraction of sp³-hybridized carbons (Fsp3) is 0.167.